The van der Waals surface area contributed by atoms with Gasteiger partial charge >= 0.3 is 0 Å². The number of hydrogen-bond donors (Lipinski definition) is 2. The van der Waals surface area contributed by atoms with Crippen molar-refractivity contribution in [3.63, 3.8) is 0 Å². The Hall–Kier alpha value is -3.84. The van der Waals surface area contributed by atoms with Crippen LogP contribution in [-0.2, 0) is 11.2 Å². The Kier molecular flexibility index (Phi) is 6.77. The van der Waals surface area contributed by atoms with E-state index in [0.717, 1.165) is 71.3 Å². The third-order valence-electron chi connectivity index (χ3n) is 8.10. The summed E-state index contributed by atoms with van der Waals surface area (Å²) in [4.78, 5) is 26.8. The molecule has 2 N–H and O–H groups in total. The molecule has 0 unspecified atom stereocenters. The fourth-order valence-corrected chi connectivity index (χ4v) is 5.62. The van der Waals surface area contributed by atoms with E-state index in [0.29, 0.717) is 30.1 Å². The van der Waals surface area contributed by atoms with E-state index >= 15 is 0 Å². The lowest BCUT2D eigenvalue weighted by atomic mass is 9.95. The number of pyridine rings is 1. The number of hydrogen-bond acceptors (Lipinski definition) is 7. The van der Waals surface area contributed by atoms with Gasteiger partial charge < -0.3 is 15.4 Å². The normalized spacial score (nSPS) is 20.0. The van der Waals surface area contributed by atoms with E-state index in [1.165, 1.54) is 0 Å². The number of nitrogens with zero attached hydrogens (tertiary/aromatic N) is 3. The molecule has 1 saturated heterocycles. The number of rotatable bonds is 8. The number of ether oxygens (including phenoxy) is 1. The Balaban J connectivity index is 1.30. The highest BCUT2D eigenvalue weighted by molar-refractivity contribution is 5.96. The zero-order chi connectivity index (χ0) is 27.0. The summed E-state index contributed by atoms with van der Waals surface area (Å²) in [7, 11) is 0. The second kappa shape index (κ2) is 10.4. The predicted molar refractivity (Wildman–Crippen MR) is 154 cm³/mol. The standard InChI is InChI=1S/C32H35N5O2/c1-20-11-12-23-21(17-28(38)26-18-32(26,2)3)7-4-9-24(23)29(20)39-30-25(10-6-15-34-30)27-13-16-35-31(37-27)36-22-8-5-14-33-19-22/h4,6-7,9-13,15-16,22,26,33H,5,8,14,17-19H2,1-3H3,(H,35,36,37)/t22-,26+/m0/s1. The molecule has 4 aromatic rings. The number of carbonyl (C=O) groups excluding carboxylic acids is 1. The molecule has 0 spiro atoms. The highest BCUT2D eigenvalue weighted by Gasteiger charge is 2.49. The van der Waals surface area contributed by atoms with Gasteiger partial charge in [-0.2, -0.15) is 0 Å². The van der Waals surface area contributed by atoms with Crippen LogP contribution in [0.5, 0.6) is 11.6 Å². The molecular weight excluding hydrogens is 486 g/mol. The Morgan fingerprint density at radius 2 is 1.95 bits per heavy atom. The number of aryl methyl sites for hydroxylation is 1. The molecule has 0 radical (unpaired) electrons. The van der Waals surface area contributed by atoms with Crippen LogP contribution in [0.2, 0.25) is 0 Å². The molecule has 1 aliphatic heterocycles. The summed E-state index contributed by atoms with van der Waals surface area (Å²) >= 11 is 0. The second-order valence-corrected chi connectivity index (χ2v) is 11.5. The van der Waals surface area contributed by atoms with Crippen LogP contribution >= 0.6 is 0 Å². The quantitative estimate of drug-likeness (QED) is 0.289. The van der Waals surface area contributed by atoms with E-state index in [-0.39, 0.29) is 11.3 Å². The molecule has 200 valence electrons. The number of ketones is 1. The van der Waals surface area contributed by atoms with E-state index in [9.17, 15) is 4.79 Å². The summed E-state index contributed by atoms with van der Waals surface area (Å²) in [5.74, 6) is 2.31. The van der Waals surface area contributed by atoms with E-state index in [1.807, 2.05) is 31.2 Å². The molecule has 2 fully saturated rings. The van der Waals surface area contributed by atoms with Gasteiger partial charge in [-0.1, -0.05) is 44.2 Å². The van der Waals surface area contributed by atoms with Gasteiger partial charge in [0.1, 0.15) is 11.5 Å². The highest BCUT2D eigenvalue weighted by atomic mass is 16.5. The van der Waals surface area contributed by atoms with Gasteiger partial charge in [0.05, 0.1) is 11.3 Å². The molecule has 7 heteroatoms. The number of anilines is 1. The topological polar surface area (TPSA) is 89.0 Å². The van der Waals surface area contributed by atoms with Crippen molar-refractivity contribution in [2.45, 2.75) is 52.5 Å². The summed E-state index contributed by atoms with van der Waals surface area (Å²) in [5, 5.41) is 8.89. The van der Waals surface area contributed by atoms with Gasteiger partial charge in [0.2, 0.25) is 11.8 Å². The predicted octanol–water partition coefficient (Wildman–Crippen LogP) is 6.11. The van der Waals surface area contributed by atoms with Crippen LogP contribution in [0.15, 0.2) is 60.9 Å². The van der Waals surface area contributed by atoms with E-state index in [4.69, 9.17) is 9.72 Å². The molecule has 2 atom stereocenters. The zero-order valence-electron chi connectivity index (χ0n) is 22.8. The van der Waals surface area contributed by atoms with E-state index in [2.05, 4.69) is 58.7 Å². The van der Waals surface area contributed by atoms with E-state index < -0.39 is 0 Å². The largest absolute Gasteiger partial charge is 0.437 e. The number of benzene rings is 2. The summed E-state index contributed by atoms with van der Waals surface area (Å²) in [6.07, 6.45) is 7.14. The van der Waals surface area contributed by atoms with Crippen molar-refractivity contribution < 1.29 is 9.53 Å². The Morgan fingerprint density at radius 1 is 1.08 bits per heavy atom. The number of Topliss-reactive ketones (excluding diaryl/α,β-unsaturated/α-hetero) is 1. The van der Waals surface area contributed by atoms with Crippen molar-refractivity contribution in [3.8, 4) is 22.9 Å². The van der Waals surface area contributed by atoms with Gasteiger partial charge in [0.15, 0.2) is 0 Å². The maximum Gasteiger partial charge on any atom is 0.228 e. The fourth-order valence-electron chi connectivity index (χ4n) is 5.62. The SMILES string of the molecule is Cc1ccc2c(CC(=O)[C@H]3CC3(C)C)cccc2c1Oc1ncccc1-c1ccnc(N[C@H]2CCCNC2)n1. The molecule has 0 amide bonds. The highest BCUT2D eigenvalue weighted by Crippen LogP contribution is 2.52. The number of fused-ring (bicyclic) bond motifs is 1. The van der Waals surface area contributed by atoms with Crippen molar-refractivity contribution >= 4 is 22.5 Å². The third-order valence-corrected chi connectivity index (χ3v) is 8.10. The van der Waals surface area contributed by atoms with Crippen LogP contribution in [0.4, 0.5) is 5.95 Å². The van der Waals surface area contributed by atoms with Crippen LogP contribution in [0.25, 0.3) is 22.0 Å². The Morgan fingerprint density at radius 3 is 2.74 bits per heavy atom. The minimum atomic E-state index is 0.131. The lowest BCUT2D eigenvalue weighted by molar-refractivity contribution is -0.120. The zero-order valence-corrected chi connectivity index (χ0v) is 22.8. The smallest absolute Gasteiger partial charge is 0.228 e. The maximum atomic E-state index is 13.0. The van der Waals surface area contributed by atoms with Crippen LogP contribution in [-0.4, -0.2) is 39.9 Å². The molecule has 2 aromatic carbocycles. The number of piperidine rings is 1. The first-order valence-corrected chi connectivity index (χ1v) is 13.9. The first-order valence-electron chi connectivity index (χ1n) is 13.9. The molecule has 2 aromatic heterocycles. The summed E-state index contributed by atoms with van der Waals surface area (Å²) in [6.45, 7) is 8.33. The molecular formula is C32H35N5O2. The summed E-state index contributed by atoms with van der Waals surface area (Å²) in [6, 6.07) is 16.3. The molecule has 7 nitrogen and oxygen atoms in total. The van der Waals surface area contributed by atoms with Gasteiger partial charge in [-0.15, -0.1) is 0 Å². The second-order valence-electron chi connectivity index (χ2n) is 11.5. The lowest BCUT2D eigenvalue weighted by Crippen LogP contribution is -2.38. The molecule has 1 saturated carbocycles. The minimum Gasteiger partial charge on any atom is -0.437 e. The average Bonchev–Trinajstić information content (AvgIpc) is 3.59. The average molecular weight is 522 g/mol. The minimum absolute atomic E-state index is 0.131. The van der Waals surface area contributed by atoms with Crippen molar-refractivity contribution in [1.82, 2.24) is 20.3 Å². The van der Waals surface area contributed by atoms with Gasteiger partial charge in [0.25, 0.3) is 0 Å². The number of nitrogens with one attached hydrogen (secondary N) is 2. The first kappa shape index (κ1) is 25.4. The number of carbonyl (C=O) groups is 1. The van der Waals surface area contributed by atoms with Crippen LogP contribution in [0.3, 0.4) is 0 Å². The number of aromatic nitrogens is 3. The van der Waals surface area contributed by atoms with Crippen LogP contribution in [0.1, 0.15) is 44.2 Å². The van der Waals surface area contributed by atoms with Crippen molar-refractivity contribution in [2.75, 3.05) is 18.4 Å². The van der Waals surface area contributed by atoms with Gasteiger partial charge in [-0.05, 0) is 72.9 Å². The van der Waals surface area contributed by atoms with Crippen LogP contribution < -0.4 is 15.4 Å². The first-order chi connectivity index (χ1) is 18.9. The van der Waals surface area contributed by atoms with Crippen molar-refractivity contribution in [2.24, 2.45) is 11.3 Å². The lowest BCUT2D eigenvalue weighted by Gasteiger charge is -2.23. The molecule has 1 aliphatic carbocycles. The summed E-state index contributed by atoms with van der Waals surface area (Å²) in [5.41, 5.74) is 3.71. The Labute approximate surface area is 229 Å². The molecule has 2 aliphatic rings. The third kappa shape index (κ3) is 5.36. The molecule has 6 rings (SSSR count). The van der Waals surface area contributed by atoms with Gasteiger partial charge in [-0.3, -0.25) is 4.79 Å². The molecule has 3 heterocycles. The molecule has 39 heavy (non-hydrogen) atoms. The maximum absolute atomic E-state index is 13.0. The van der Waals surface area contributed by atoms with E-state index in [1.54, 1.807) is 12.4 Å². The van der Waals surface area contributed by atoms with Gasteiger partial charge in [-0.25, -0.2) is 15.0 Å². The van der Waals surface area contributed by atoms with Gasteiger partial charge in [0, 0.05) is 42.7 Å². The van der Waals surface area contributed by atoms with Crippen molar-refractivity contribution in [1.29, 1.82) is 0 Å². The van der Waals surface area contributed by atoms with Crippen LogP contribution in [0, 0.1) is 18.3 Å². The fraction of sp³-hybridized carbons (Fsp3) is 0.375. The Bertz CT molecular complexity index is 1530. The molecule has 0 bridgehead atoms. The van der Waals surface area contributed by atoms with Crippen molar-refractivity contribution in [3.05, 3.63) is 72.1 Å². The monoisotopic (exact) mass is 521 g/mol. The summed E-state index contributed by atoms with van der Waals surface area (Å²) < 4.78 is 6.56.